The van der Waals surface area contributed by atoms with Crippen LogP contribution in [0, 0.1) is 0 Å². The van der Waals surface area contributed by atoms with E-state index in [4.69, 9.17) is 14.2 Å². The second-order valence-corrected chi connectivity index (χ2v) is 11.1. The summed E-state index contributed by atoms with van der Waals surface area (Å²) in [6, 6.07) is 26.1. The zero-order chi connectivity index (χ0) is 34.3. The van der Waals surface area contributed by atoms with Crippen LogP contribution in [0.25, 0.3) is 0 Å². The van der Waals surface area contributed by atoms with Gasteiger partial charge in [-0.3, -0.25) is 19.3 Å². The van der Waals surface area contributed by atoms with Crippen molar-refractivity contribution in [1.82, 2.24) is 0 Å². The molecule has 250 valence electrons. The van der Waals surface area contributed by atoms with Gasteiger partial charge in [0.05, 0.1) is 25.7 Å². The van der Waals surface area contributed by atoms with Crippen LogP contribution in [0.3, 0.4) is 0 Å². The Morgan fingerprint density at radius 3 is 1.94 bits per heavy atom. The number of ether oxygens (including phenoxy) is 3. The van der Waals surface area contributed by atoms with E-state index in [0.29, 0.717) is 35.0 Å². The number of carbonyl (C=O) groups is 4. The van der Waals surface area contributed by atoms with Crippen molar-refractivity contribution < 1.29 is 38.5 Å². The van der Waals surface area contributed by atoms with Crippen LogP contribution in [0.2, 0.25) is 0 Å². The molecule has 0 heterocycles. The molecule has 0 radical (unpaired) electrons. The lowest BCUT2D eigenvalue weighted by Gasteiger charge is -2.21. The van der Waals surface area contributed by atoms with Crippen molar-refractivity contribution >= 4 is 35.1 Å². The van der Waals surface area contributed by atoms with Crippen molar-refractivity contribution in [3.63, 3.8) is 0 Å². The van der Waals surface area contributed by atoms with E-state index in [-0.39, 0.29) is 23.6 Å². The van der Waals surface area contributed by atoms with Gasteiger partial charge >= 0.3 is 11.9 Å². The molecule has 0 aliphatic rings. The molecule has 0 saturated heterocycles. The maximum Gasteiger partial charge on any atom is 0.343 e. The molecule has 0 aliphatic carbocycles. The summed E-state index contributed by atoms with van der Waals surface area (Å²) in [5.74, 6) is -0.952. The highest BCUT2D eigenvalue weighted by molar-refractivity contribution is 6.08. The summed E-state index contributed by atoms with van der Waals surface area (Å²) in [5.41, 5.74) is 2.17. The Morgan fingerprint density at radius 2 is 1.31 bits per heavy atom. The molecule has 0 fully saturated rings. The number of methoxy groups -OCH3 is 1. The van der Waals surface area contributed by atoms with Crippen LogP contribution in [-0.4, -0.2) is 49.1 Å². The molecule has 0 aromatic heterocycles. The van der Waals surface area contributed by atoms with Gasteiger partial charge in [0.2, 0.25) is 5.91 Å². The first kappa shape index (κ1) is 35.2. The van der Waals surface area contributed by atoms with Crippen LogP contribution < -0.4 is 24.4 Å². The Labute approximate surface area is 280 Å². The van der Waals surface area contributed by atoms with Crippen LogP contribution in [0.1, 0.15) is 65.3 Å². The first-order valence-corrected chi connectivity index (χ1v) is 15.9. The number of carboxylic acid groups (broad SMARTS) is 1. The molecule has 0 aliphatic heterocycles. The summed E-state index contributed by atoms with van der Waals surface area (Å²) in [6.07, 6.45) is 5.88. The normalized spacial score (nSPS) is 10.5. The number of unbranched alkanes of at least 4 members (excludes halogenated alkanes) is 4. The summed E-state index contributed by atoms with van der Waals surface area (Å²) in [5, 5.41) is 12.3. The molecule has 0 atom stereocenters. The molecule has 2 amide bonds. The summed E-state index contributed by atoms with van der Waals surface area (Å²) in [6.45, 7) is 2.21. The SMILES string of the molecule is CCCCCCCOc1ccc(C(=O)Oc2ccc(N(CC(=O)O)C(=O)c3ccc(NC(=O)Cc4ccc(OC)cc4)cc3)cc2)cc1. The Kier molecular flexibility index (Phi) is 13.1. The largest absolute Gasteiger partial charge is 0.497 e. The molecule has 2 N–H and O–H groups in total. The van der Waals surface area contributed by atoms with Crippen molar-refractivity contribution in [3.05, 3.63) is 114 Å². The van der Waals surface area contributed by atoms with Gasteiger partial charge in [-0.15, -0.1) is 0 Å². The monoisotopic (exact) mass is 652 g/mol. The highest BCUT2D eigenvalue weighted by Gasteiger charge is 2.21. The molecule has 0 bridgehead atoms. The average molecular weight is 653 g/mol. The first-order valence-electron chi connectivity index (χ1n) is 15.9. The van der Waals surface area contributed by atoms with Gasteiger partial charge in [-0.25, -0.2) is 4.79 Å². The fourth-order valence-electron chi connectivity index (χ4n) is 4.84. The predicted octanol–water partition coefficient (Wildman–Crippen LogP) is 7.18. The van der Waals surface area contributed by atoms with Crippen molar-refractivity contribution in [3.8, 4) is 17.2 Å². The Morgan fingerprint density at radius 1 is 0.708 bits per heavy atom. The molecule has 0 saturated carbocycles. The third-order valence-electron chi connectivity index (χ3n) is 7.44. The molecule has 4 rings (SSSR count). The van der Waals surface area contributed by atoms with E-state index in [1.165, 1.54) is 55.7 Å². The smallest absolute Gasteiger partial charge is 0.343 e. The molecule has 10 nitrogen and oxygen atoms in total. The summed E-state index contributed by atoms with van der Waals surface area (Å²) in [4.78, 5) is 51.4. The van der Waals surface area contributed by atoms with Gasteiger partial charge in [0.25, 0.3) is 5.91 Å². The van der Waals surface area contributed by atoms with Gasteiger partial charge in [0, 0.05) is 16.9 Å². The van der Waals surface area contributed by atoms with E-state index in [1.54, 1.807) is 67.8 Å². The number of carbonyl (C=O) groups excluding carboxylic acids is 3. The van der Waals surface area contributed by atoms with Crippen LogP contribution in [0.4, 0.5) is 11.4 Å². The number of rotatable bonds is 17. The van der Waals surface area contributed by atoms with E-state index in [1.807, 2.05) is 0 Å². The van der Waals surface area contributed by atoms with E-state index in [9.17, 15) is 24.3 Å². The number of amides is 2. The van der Waals surface area contributed by atoms with Gasteiger partial charge in [-0.05, 0) is 96.9 Å². The molecule has 4 aromatic carbocycles. The third kappa shape index (κ3) is 10.7. The standard InChI is InChI=1S/C38H40N2O8/c1-3-4-5-6-7-24-47-33-20-12-29(13-21-33)38(45)48-34-22-16-31(17-23-34)40(26-36(42)43)37(44)28-10-14-30(15-11-28)39-35(41)25-27-8-18-32(46-2)19-9-27/h8-23H,3-7,24-26H2,1-2H3,(H,39,41)(H,42,43). The number of hydrogen-bond acceptors (Lipinski definition) is 7. The Balaban J connectivity index is 1.33. The zero-order valence-electron chi connectivity index (χ0n) is 27.1. The van der Waals surface area contributed by atoms with Gasteiger partial charge in [-0.2, -0.15) is 0 Å². The minimum absolute atomic E-state index is 0.156. The number of nitrogens with zero attached hydrogens (tertiary/aromatic N) is 1. The van der Waals surface area contributed by atoms with E-state index >= 15 is 0 Å². The lowest BCUT2D eigenvalue weighted by atomic mass is 10.1. The second-order valence-electron chi connectivity index (χ2n) is 11.1. The maximum absolute atomic E-state index is 13.4. The highest BCUT2D eigenvalue weighted by Crippen LogP contribution is 2.24. The molecule has 48 heavy (non-hydrogen) atoms. The fourth-order valence-corrected chi connectivity index (χ4v) is 4.84. The predicted molar refractivity (Wildman–Crippen MR) is 183 cm³/mol. The fraction of sp³-hybridized carbons (Fsp3) is 0.263. The average Bonchev–Trinajstić information content (AvgIpc) is 3.09. The van der Waals surface area contributed by atoms with Crippen LogP contribution in [-0.2, 0) is 16.0 Å². The lowest BCUT2D eigenvalue weighted by Crippen LogP contribution is -2.35. The summed E-state index contributed by atoms with van der Waals surface area (Å²) >= 11 is 0. The van der Waals surface area contributed by atoms with E-state index < -0.39 is 24.4 Å². The molecule has 0 spiro atoms. The van der Waals surface area contributed by atoms with Gasteiger partial charge < -0.3 is 24.6 Å². The minimum Gasteiger partial charge on any atom is -0.497 e. The molecular weight excluding hydrogens is 612 g/mol. The quantitative estimate of drug-likeness (QED) is 0.0697. The maximum atomic E-state index is 13.4. The topological polar surface area (TPSA) is 131 Å². The number of anilines is 2. The number of hydrogen-bond donors (Lipinski definition) is 2. The molecular formula is C38H40N2O8. The Bertz CT molecular complexity index is 1650. The summed E-state index contributed by atoms with van der Waals surface area (Å²) in [7, 11) is 1.57. The number of benzene rings is 4. The number of carboxylic acids is 1. The summed E-state index contributed by atoms with van der Waals surface area (Å²) < 4.78 is 16.4. The van der Waals surface area contributed by atoms with Crippen molar-refractivity contribution in [2.24, 2.45) is 0 Å². The molecule has 10 heteroatoms. The van der Waals surface area contributed by atoms with Gasteiger partial charge in [0.15, 0.2) is 0 Å². The van der Waals surface area contributed by atoms with Crippen molar-refractivity contribution in [2.45, 2.75) is 45.4 Å². The lowest BCUT2D eigenvalue weighted by molar-refractivity contribution is -0.135. The van der Waals surface area contributed by atoms with Crippen LogP contribution in [0.15, 0.2) is 97.1 Å². The molecule has 4 aromatic rings. The first-order chi connectivity index (χ1) is 23.2. The van der Waals surface area contributed by atoms with Gasteiger partial charge in [0.1, 0.15) is 23.8 Å². The third-order valence-corrected chi connectivity index (χ3v) is 7.44. The zero-order valence-corrected chi connectivity index (χ0v) is 27.1. The van der Waals surface area contributed by atoms with Gasteiger partial charge in [-0.1, -0.05) is 44.7 Å². The van der Waals surface area contributed by atoms with E-state index in [0.717, 1.165) is 23.3 Å². The van der Waals surface area contributed by atoms with Crippen molar-refractivity contribution in [2.75, 3.05) is 30.5 Å². The van der Waals surface area contributed by atoms with E-state index in [2.05, 4.69) is 12.2 Å². The second kappa shape index (κ2) is 17.9. The molecule has 0 unspecified atom stereocenters. The van der Waals surface area contributed by atoms with Crippen LogP contribution in [0.5, 0.6) is 17.2 Å². The number of esters is 1. The highest BCUT2D eigenvalue weighted by atomic mass is 16.5. The van der Waals surface area contributed by atoms with Crippen molar-refractivity contribution in [1.29, 1.82) is 0 Å². The van der Waals surface area contributed by atoms with Crippen LogP contribution >= 0.6 is 0 Å². The number of aliphatic carboxylic acids is 1. The Hall–Kier alpha value is -5.64. The number of nitrogens with one attached hydrogen (secondary N) is 1. The minimum atomic E-state index is -1.20.